The molecule has 0 saturated carbocycles. The van der Waals surface area contributed by atoms with E-state index in [2.05, 4.69) is 20.7 Å². The highest BCUT2D eigenvalue weighted by Crippen LogP contribution is 2.16. The number of hydrogen-bond donors (Lipinski definition) is 2. The summed E-state index contributed by atoms with van der Waals surface area (Å²) < 4.78 is 0. The van der Waals surface area contributed by atoms with E-state index < -0.39 is 0 Å². The fourth-order valence-electron chi connectivity index (χ4n) is 2.03. The van der Waals surface area contributed by atoms with Gasteiger partial charge in [0.05, 0.1) is 17.8 Å². The molecule has 1 saturated heterocycles. The van der Waals surface area contributed by atoms with Gasteiger partial charge in [-0.05, 0) is 6.42 Å². The summed E-state index contributed by atoms with van der Waals surface area (Å²) >= 11 is 0. The molecule has 1 aliphatic rings. The van der Waals surface area contributed by atoms with Crippen LogP contribution in [0.15, 0.2) is 6.20 Å². The summed E-state index contributed by atoms with van der Waals surface area (Å²) in [5.41, 5.74) is 0.825. The number of hydrogen-bond acceptors (Lipinski definition) is 4. The minimum Gasteiger partial charge on any atom is -0.355 e. The van der Waals surface area contributed by atoms with Crippen LogP contribution in [0, 0.1) is 5.92 Å². The third kappa shape index (κ3) is 3.06. The van der Waals surface area contributed by atoms with Gasteiger partial charge in [-0.25, -0.2) is 0 Å². The number of nitrogens with one attached hydrogen (secondary N) is 2. The molecule has 1 atom stereocenters. The Hall–Kier alpha value is -1.92. The summed E-state index contributed by atoms with van der Waals surface area (Å²) in [4.78, 5) is 24.8. The lowest BCUT2D eigenvalue weighted by atomic mass is 9.97. The number of likely N-dealkylation sites (tertiary alicyclic amines) is 1. The Balaban J connectivity index is 1.73. The maximum atomic E-state index is 11.9. The standard InChI is InChI=1S/C11H17N5O2/c1-16-7-8(2-3-10(16)17)11(18)12-5-4-9-6-13-15-14-9/h6,8H,2-5,7H2,1H3,(H,12,18)(H,13,14,15)/t8-/m1/s1. The molecule has 0 aromatic carbocycles. The van der Waals surface area contributed by atoms with Crippen LogP contribution in [0.2, 0.25) is 0 Å². The summed E-state index contributed by atoms with van der Waals surface area (Å²) in [6.45, 7) is 1.05. The summed E-state index contributed by atoms with van der Waals surface area (Å²) in [6.07, 6.45) is 3.39. The van der Waals surface area contributed by atoms with Gasteiger partial charge in [-0.2, -0.15) is 15.4 Å². The molecule has 2 amide bonds. The normalized spacial score (nSPS) is 19.9. The van der Waals surface area contributed by atoms with Gasteiger partial charge in [0, 0.05) is 33.0 Å². The maximum Gasteiger partial charge on any atom is 0.224 e. The second-order valence-corrected chi connectivity index (χ2v) is 4.51. The molecule has 2 rings (SSSR count). The third-order valence-corrected chi connectivity index (χ3v) is 3.14. The minimum atomic E-state index is -0.0926. The first-order chi connectivity index (χ1) is 8.66. The van der Waals surface area contributed by atoms with E-state index in [0.29, 0.717) is 32.4 Å². The third-order valence-electron chi connectivity index (χ3n) is 3.14. The molecule has 18 heavy (non-hydrogen) atoms. The van der Waals surface area contributed by atoms with Crippen LogP contribution in [0.25, 0.3) is 0 Å². The zero-order chi connectivity index (χ0) is 13.0. The van der Waals surface area contributed by atoms with Gasteiger partial charge in [-0.15, -0.1) is 0 Å². The van der Waals surface area contributed by atoms with Crippen LogP contribution in [-0.4, -0.2) is 52.3 Å². The SMILES string of the molecule is CN1C[C@H](C(=O)NCCc2cn[nH]n2)CCC1=O. The number of rotatable bonds is 4. The van der Waals surface area contributed by atoms with Crippen molar-refractivity contribution in [1.29, 1.82) is 0 Å². The van der Waals surface area contributed by atoms with Crippen molar-refractivity contribution in [2.45, 2.75) is 19.3 Å². The van der Waals surface area contributed by atoms with E-state index >= 15 is 0 Å². The van der Waals surface area contributed by atoms with Crippen molar-refractivity contribution in [3.05, 3.63) is 11.9 Å². The Kier molecular flexibility index (Phi) is 3.91. The Bertz CT molecular complexity index is 417. The van der Waals surface area contributed by atoms with Crippen LogP contribution in [0.5, 0.6) is 0 Å². The van der Waals surface area contributed by atoms with Crippen LogP contribution in [0.4, 0.5) is 0 Å². The number of piperidine rings is 1. The van der Waals surface area contributed by atoms with Crippen LogP contribution >= 0.6 is 0 Å². The fourth-order valence-corrected chi connectivity index (χ4v) is 2.03. The van der Waals surface area contributed by atoms with E-state index in [1.54, 1.807) is 18.1 Å². The van der Waals surface area contributed by atoms with Crippen LogP contribution in [-0.2, 0) is 16.0 Å². The molecule has 1 aliphatic heterocycles. The highest BCUT2D eigenvalue weighted by Gasteiger charge is 2.27. The van der Waals surface area contributed by atoms with Crippen LogP contribution in [0.1, 0.15) is 18.5 Å². The van der Waals surface area contributed by atoms with Gasteiger partial charge < -0.3 is 10.2 Å². The highest BCUT2D eigenvalue weighted by molar-refractivity contribution is 5.83. The number of nitrogens with zero attached hydrogens (tertiary/aromatic N) is 3. The van der Waals surface area contributed by atoms with Gasteiger partial charge >= 0.3 is 0 Å². The van der Waals surface area contributed by atoms with E-state index in [4.69, 9.17) is 0 Å². The van der Waals surface area contributed by atoms with Crippen LogP contribution < -0.4 is 5.32 Å². The second kappa shape index (κ2) is 5.61. The molecule has 1 fully saturated rings. The second-order valence-electron chi connectivity index (χ2n) is 4.51. The average Bonchev–Trinajstić information content (AvgIpc) is 2.85. The van der Waals surface area contributed by atoms with Crippen molar-refractivity contribution >= 4 is 11.8 Å². The largest absolute Gasteiger partial charge is 0.355 e. The predicted molar refractivity (Wildman–Crippen MR) is 63.5 cm³/mol. The molecule has 1 aromatic heterocycles. The molecular weight excluding hydrogens is 234 g/mol. The summed E-state index contributed by atoms with van der Waals surface area (Å²) in [5, 5.41) is 13.0. The Morgan fingerprint density at radius 1 is 1.67 bits per heavy atom. The van der Waals surface area contributed by atoms with Gasteiger partial charge in [0.25, 0.3) is 0 Å². The number of carbonyl (C=O) groups excluding carboxylic acids is 2. The van der Waals surface area contributed by atoms with E-state index in [1.807, 2.05) is 0 Å². The van der Waals surface area contributed by atoms with E-state index in [9.17, 15) is 9.59 Å². The van der Waals surface area contributed by atoms with E-state index in [1.165, 1.54) is 0 Å². The van der Waals surface area contributed by atoms with E-state index in [0.717, 1.165) is 5.69 Å². The Morgan fingerprint density at radius 3 is 3.17 bits per heavy atom. The summed E-state index contributed by atoms with van der Waals surface area (Å²) in [5.74, 6) is 0.0319. The number of carbonyl (C=O) groups is 2. The van der Waals surface area contributed by atoms with Crippen molar-refractivity contribution in [2.24, 2.45) is 5.92 Å². The van der Waals surface area contributed by atoms with Gasteiger partial charge in [-0.3, -0.25) is 9.59 Å². The molecule has 2 heterocycles. The Labute approximate surface area is 105 Å². The van der Waals surface area contributed by atoms with Gasteiger partial charge in [-0.1, -0.05) is 0 Å². The quantitative estimate of drug-likeness (QED) is 0.742. The van der Waals surface area contributed by atoms with Crippen molar-refractivity contribution in [2.75, 3.05) is 20.1 Å². The van der Waals surface area contributed by atoms with Gasteiger partial charge in [0.1, 0.15) is 0 Å². The maximum absolute atomic E-state index is 11.9. The minimum absolute atomic E-state index is 0.0119. The highest BCUT2D eigenvalue weighted by atomic mass is 16.2. The number of aromatic nitrogens is 3. The van der Waals surface area contributed by atoms with Crippen LogP contribution in [0.3, 0.4) is 0 Å². The van der Waals surface area contributed by atoms with E-state index in [-0.39, 0.29) is 17.7 Å². The smallest absolute Gasteiger partial charge is 0.224 e. The number of H-pyrrole nitrogens is 1. The monoisotopic (exact) mass is 251 g/mol. The summed E-state index contributed by atoms with van der Waals surface area (Å²) in [7, 11) is 1.73. The zero-order valence-electron chi connectivity index (χ0n) is 10.3. The lowest BCUT2D eigenvalue weighted by Crippen LogP contribution is -2.44. The van der Waals surface area contributed by atoms with Crippen molar-refractivity contribution in [3.63, 3.8) is 0 Å². The van der Waals surface area contributed by atoms with Gasteiger partial charge in [0.15, 0.2) is 0 Å². The van der Waals surface area contributed by atoms with Gasteiger partial charge in [0.2, 0.25) is 11.8 Å². The molecule has 0 radical (unpaired) electrons. The molecule has 1 aromatic rings. The molecular formula is C11H17N5O2. The first-order valence-electron chi connectivity index (χ1n) is 6.03. The number of aromatic amines is 1. The lowest BCUT2D eigenvalue weighted by molar-refractivity contribution is -0.136. The average molecular weight is 251 g/mol. The molecule has 7 nitrogen and oxygen atoms in total. The molecule has 98 valence electrons. The fraction of sp³-hybridized carbons (Fsp3) is 0.636. The Morgan fingerprint density at radius 2 is 2.50 bits per heavy atom. The number of amides is 2. The summed E-state index contributed by atoms with van der Waals surface area (Å²) in [6, 6.07) is 0. The molecule has 2 N–H and O–H groups in total. The van der Waals surface area contributed by atoms with Crippen molar-refractivity contribution in [3.8, 4) is 0 Å². The predicted octanol–water partition coefficient (Wildman–Crippen LogP) is -0.668. The zero-order valence-corrected chi connectivity index (χ0v) is 10.3. The topological polar surface area (TPSA) is 91.0 Å². The molecule has 0 unspecified atom stereocenters. The molecule has 0 bridgehead atoms. The van der Waals surface area contributed by atoms with Crippen molar-refractivity contribution in [1.82, 2.24) is 25.6 Å². The van der Waals surface area contributed by atoms with Crippen molar-refractivity contribution < 1.29 is 9.59 Å². The molecule has 0 aliphatic carbocycles. The lowest BCUT2D eigenvalue weighted by Gasteiger charge is -2.28. The first kappa shape index (κ1) is 12.5. The molecule has 7 heteroatoms. The first-order valence-corrected chi connectivity index (χ1v) is 6.03. The molecule has 0 spiro atoms.